The van der Waals surface area contributed by atoms with Gasteiger partial charge in [0.15, 0.2) is 5.82 Å². The summed E-state index contributed by atoms with van der Waals surface area (Å²) < 4.78 is 75.1. The maximum absolute atomic E-state index is 15.0. The van der Waals surface area contributed by atoms with Crippen LogP contribution < -0.4 is 5.32 Å². The molecule has 0 bridgehead atoms. The van der Waals surface area contributed by atoms with E-state index in [2.05, 4.69) is 25.6 Å². The van der Waals surface area contributed by atoms with Crippen molar-refractivity contribution < 1.29 is 22.0 Å². The fraction of sp³-hybridized carbons (Fsp3) is 0.364. The Morgan fingerprint density at radius 2 is 1.89 bits per heavy atom. The molecule has 6 rings (SSSR count). The number of fused-ring (bicyclic) bond motifs is 3. The summed E-state index contributed by atoms with van der Waals surface area (Å²) in [5.74, 6) is -2.73. The van der Waals surface area contributed by atoms with E-state index >= 15 is 0 Å². The molecule has 14 heteroatoms. The van der Waals surface area contributed by atoms with E-state index < -0.39 is 36.4 Å². The molecular formula is C22H18ClF5N8. The lowest BCUT2D eigenvalue weighted by Gasteiger charge is -2.21. The number of hydrogen-bond acceptors (Lipinski definition) is 5. The van der Waals surface area contributed by atoms with Crippen LogP contribution in [0.4, 0.5) is 33.6 Å². The summed E-state index contributed by atoms with van der Waals surface area (Å²) in [4.78, 5) is 4.25. The highest BCUT2D eigenvalue weighted by Gasteiger charge is 2.67. The van der Waals surface area contributed by atoms with Crippen LogP contribution in [0.2, 0.25) is 5.02 Å². The van der Waals surface area contributed by atoms with E-state index in [0.717, 1.165) is 4.57 Å². The average molecular weight is 525 g/mol. The Morgan fingerprint density at radius 1 is 1.11 bits per heavy atom. The molecule has 0 spiro atoms. The molecule has 1 saturated carbocycles. The van der Waals surface area contributed by atoms with Crippen molar-refractivity contribution in [3.8, 4) is 22.6 Å². The van der Waals surface area contributed by atoms with Gasteiger partial charge in [-0.1, -0.05) is 11.6 Å². The van der Waals surface area contributed by atoms with Gasteiger partial charge in [-0.05, 0) is 25.0 Å². The number of alkyl halides is 5. The number of nitrogens with zero attached hydrogens (tertiary/aromatic N) is 7. The molecule has 8 nitrogen and oxygen atoms in total. The van der Waals surface area contributed by atoms with Crippen molar-refractivity contribution in [2.45, 2.75) is 43.4 Å². The Hall–Kier alpha value is -3.48. The number of anilines is 2. The second-order valence-electron chi connectivity index (χ2n) is 9.13. The summed E-state index contributed by atoms with van der Waals surface area (Å²) in [6.07, 6.45) is -0.490. The standard InChI is InChI=1S/C22H18ClF5N8/c1-34-17(2-5-30-34)31-16-7-13(14(23)8-29-16)12-6-15-18-32-33-19(20(3-4-20)22(26,27)28)36(18)11-21(24,25)10-35(15)9-12/h2,5-9H,3-4,10-11H2,1H3,(H,29,31). The normalized spacial score (nSPS) is 17.9. The summed E-state index contributed by atoms with van der Waals surface area (Å²) in [7, 11) is 1.75. The quantitative estimate of drug-likeness (QED) is 0.372. The number of aromatic nitrogens is 7. The summed E-state index contributed by atoms with van der Waals surface area (Å²) in [6, 6.07) is 4.98. The molecule has 0 radical (unpaired) electrons. The van der Waals surface area contributed by atoms with Gasteiger partial charge in [0.1, 0.15) is 22.9 Å². The van der Waals surface area contributed by atoms with Crippen LogP contribution in [0.15, 0.2) is 36.8 Å². The maximum atomic E-state index is 15.0. The molecule has 1 aliphatic heterocycles. The Kier molecular flexibility index (Phi) is 4.79. The summed E-state index contributed by atoms with van der Waals surface area (Å²) in [5, 5.41) is 15.2. The van der Waals surface area contributed by atoms with Crippen molar-refractivity contribution in [2.75, 3.05) is 5.32 Å². The van der Waals surface area contributed by atoms with Gasteiger partial charge in [-0.3, -0.25) is 4.68 Å². The molecule has 1 N–H and O–H groups in total. The van der Waals surface area contributed by atoms with Gasteiger partial charge in [-0.15, -0.1) is 10.2 Å². The fourth-order valence-corrected chi connectivity index (χ4v) is 4.83. The van der Waals surface area contributed by atoms with E-state index in [4.69, 9.17) is 11.6 Å². The fourth-order valence-electron chi connectivity index (χ4n) is 4.62. The van der Waals surface area contributed by atoms with Gasteiger partial charge in [-0.25, -0.2) is 13.8 Å². The van der Waals surface area contributed by atoms with Gasteiger partial charge in [0.2, 0.25) is 0 Å². The molecule has 2 aliphatic rings. The van der Waals surface area contributed by atoms with E-state index in [1.54, 1.807) is 36.1 Å². The summed E-state index contributed by atoms with van der Waals surface area (Å²) >= 11 is 6.39. The molecule has 0 atom stereocenters. The maximum Gasteiger partial charge on any atom is 0.401 e. The van der Waals surface area contributed by atoms with Crippen molar-refractivity contribution in [1.29, 1.82) is 0 Å². The van der Waals surface area contributed by atoms with Gasteiger partial charge in [0.05, 0.1) is 30.0 Å². The molecule has 1 fully saturated rings. The molecule has 0 unspecified atom stereocenters. The third-order valence-electron chi connectivity index (χ3n) is 6.63. The van der Waals surface area contributed by atoms with E-state index in [9.17, 15) is 22.0 Å². The molecule has 4 aromatic heterocycles. The van der Waals surface area contributed by atoms with Gasteiger partial charge >= 0.3 is 6.18 Å². The predicted octanol–water partition coefficient (Wildman–Crippen LogP) is 5.18. The highest BCUT2D eigenvalue weighted by molar-refractivity contribution is 6.33. The largest absolute Gasteiger partial charge is 0.401 e. The minimum atomic E-state index is -4.60. The van der Waals surface area contributed by atoms with Crippen LogP contribution in [0.3, 0.4) is 0 Å². The first-order valence-corrected chi connectivity index (χ1v) is 11.3. The van der Waals surface area contributed by atoms with Crippen LogP contribution in [-0.4, -0.2) is 46.2 Å². The summed E-state index contributed by atoms with van der Waals surface area (Å²) in [5.41, 5.74) is -1.02. The highest BCUT2D eigenvalue weighted by atomic mass is 35.5. The first-order valence-electron chi connectivity index (χ1n) is 11.0. The van der Waals surface area contributed by atoms with Crippen LogP contribution in [0, 0.1) is 0 Å². The smallest absolute Gasteiger partial charge is 0.338 e. The third kappa shape index (κ3) is 3.55. The van der Waals surface area contributed by atoms with Crippen molar-refractivity contribution in [1.82, 2.24) is 34.1 Å². The monoisotopic (exact) mass is 524 g/mol. The minimum Gasteiger partial charge on any atom is -0.338 e. The predicted molar refractivity (Wildman–Crippen MR) is 120 cm³/mol. The van der Waals surface area contributed by atoms with Crippen molar-refractivity contribution >= 4 is 23.2 Å². The number of halogens is 6. The van der Waals surface area contributed by atoms with Crippen LogP contribution in [-0.2, 0) is 25.6 Å². The lowest BCUT2D eigenvalue weighted by molar-refractivity contribution is -0.163. The molecule has 4 aromatic rings. The van der Waals surface area contributed by atoms with E-state index in [1.165, 1.54) is 17.0 Å². The van der Waals surface area contributed by atoms with Gasteiger partial charge < -0.3 is 14.5 Å². The zero-order chi connectivity index (χ0) is 25.5. The Labute approximate surface area is 205 Å². The average Bonchev–Trinajstić information content (AvgIpc) is 3.20. The van der Waals surface area contributed by atoms with E-state index in [-0.39, 0.29) is 29.4 Å². The van der Waals surface area contributed by atoms with Crippen LogP contribution >= 0.6 is 11.6 Å². The van der Waals surface area contributed by atoms with Crippen molar-refractivity contribution in [3.05, 3.63) is 47.6 Å². The van der Waals surface area contributed by atoms with Crippen molar-refractivity contribution in [2.24, 2.45) is 7.05 Å². The molecule has 188 valence electrons. The number of pyridine rings is 1. The number of aryl methyl sites for hydroxylation is 1. The second kappa shape index (κ2) is 7.51. The Morgan fingerprint density at radius 3 is 2.56 bits per heavy atom. The lowest BCUT2D eigenvalue weighted by atomic mass is 10.1. The second-order valence-corrected chi connectivity index (χ2v) is 9.53. The van der Waals surface area contributed by atoms with Gasteiger partial charge in [-0.2, -0.15) is 18.3 Å². The highest BCUT2D eigenvalue weighted by Crippen LogP contribution is 2.59. The molecule has 0 saturated heterocycles. The van der Waals surface area contributed by atoms with Crippen LogP contribution in [0.5, 0.6) is 0 Å². The molecule has 0 amide bonds. The third-order valence-corrected chi connectivity index (χ3v) is 6.93. The minimum absolute atomic E-state index is 0.0395. The van der Waals surface area contributed by atoms with E-state index in [1.807, 2.05) is 0 Å². The zero-order valence-corrected chi connectivity index (χ0v) is 19.4. The first kappa shape index (κ1) is 23.0. The number of hydrogen-bond donors (Lipinski definition) is 1. The molecule has 5 heterocycles. The lowest BCUT2D eigenvalue weighted by Crippen LogP contribution is -2.35. The SMILES string of the molecule is Cn1nccc1Nc1cc(-c2cc3n(c2)CC(F)(F)Cn2c-3nnc2C2(C(F)(F)F)CC2)c(Cl)cn1. The van der Waals surface area contributed by atoms with Gasteiger partial charge in [0, 0.05) is 36.6 Å². The topological polar surface area (TPSA) is 78.4 Å². The van der Waals surface area contributed by atoms with E-state index in [0.29, 0.717) is 22.8 Å². The Balaban J connectivity index is 1.44. The molecule has 36 heavy (non-hydrogen) atoms. The molecule has 0 aromatic carbocycles. The van der Waals surface area contributed by atoms with Crippen LogP contribution in [0.1, 0.15) is 18.7 Å². The van der Waals surface area contributed by atoms with Crippen LogP contribution in [0.25, 0.3) is 22.6 Å². The molecular weight excluding hydrogens is 507 g/mol. The zero-order valence-electron chi connectivity index (χ0n) is 18.7. The number of nitrogens with one attached hydrogen (secondary N) is 1. The Bertz CT molecular complexity index is 1480. The van der Waals surface area contributed by atoms with Gasteiger partial charge in [0.25, 0.3) is 5.92 Å². The summed E-state index contributed by atoms with van der Waals surface area (Å²) in [6.45, 7) is -1.67. The molecule has 1 aliphatic carbocycles. The first-order chi connectivity index (χ1) is 17.0. The van der Waals surface area contributed by atoms with Crippen molar-refractivity contribution in [3.63, 3.8) is 0 Å². The number of rotatable bonds is 4.